The maximum Gasteiger partial charge on any atom is 0.354 e. The number of nitrogens with zero attached hydrogens (tertiary/aromatic N) is 5. The Morgan fingerprint density at radius 1 is 1.24 bits per heavy atom. The zero-order chi connectivity index (χ0) is 29.9. The maximum atomic E-state index is 16.6. The number of phenolic OH excluding ortho intramolecular Hbond substituents is 1. The van der Waals surface area contributed by atoms with E-state index < -0.39 is 23.1 Å². The van der Waals surface area contributed by atoms with E-state index in [4.69, 9.17) is 0 Å². The summed E-state index contributed by atoms with van der Waals surface area (Å²) in [5.41, 5.74) is 1.24. The molecule has 4 heterocycles. The minimum atomic E-state index is -0.793. The van der Waals surface area contributed by atoms with E-state index in [1.165, 1.54) is 40.6 Å². The standard InChI is InChI=1S/C31H29F2N5O3S/c1-5-23(40)36-11-12-37-18(14-36)15-42-29-25-21(13-19(26(29)33)24-20(32)7-6-8-22(24)39)38(31(41)35-30(25)37)28-17(4)9-10-34-27(28)16(2)3/h5-10,13,16,18,39H,1,11-12,14-15H2,2-4H3. The molecule has 6 rings (SSSR count). The first kappa shape index (κ1) is 27.9. The van der Waals surface area contributed by atoms with E-state index in [2.05, 4.69) is 16.5 Å². The number of benzene rings is 2. The van der Waals surface area contributed by atoms with E-state index in [1.54, 1.807) is 17.2 Å². The number of amides is 1. The van der Waals surface area contributed by atoms with Crippen molar-refractivity contribution in [2.45, 2.75) is 37.6 Å². The second kappa shape index (κ2) is 10.5. The van der Waals surface area contributed by atoms with Crippen molar-refractivity contribution >= 4 is 34.4 Å². The molecule has 1 fully saturated rings. The van der Waals surface area contributed by atoms with Crippen LogP contribution in [0.3, 0.4) is 0 Å². The van der Waals surface area contributed by atoms with Crippen LogP contribution in [0.15, 0.2) is 58.9 Å². The summed E-state index contributed by atoms with van der Waals surface area (Å²) in [7, 11) is 0. The van der Waals surface area contributed by atoms with E-state index in [1.807, 2.05) is 25.7 Å². The van der Waals surface area contributed by atoms with E-state index in [-0.39, 0.29) is 33.9 Å². The monoisotopic (exact) mass is 589 g/mol. The van der Waals surface area contributed by atoms with Gasteiger partial charge in [-0.2, -0.15) is 4.98 Å². The molecular formula is C31H29F2N5O3S. The maximum absolute atomic E-state index is 16.6. The Hall–Kier alpha value is -4.25. The molecule has 0 aliphatic carbocycles. The molecule has 0 radical (unpaired) electrons. The highest BCUT2D eigenvalue weighted by Gasteiger charge is 2.36. The van der Waals surface area contributed by atoms with Crippen molar-refractivity contribution in [1.29, 1.82) is 0 Å². The molecule has 42 heavy (non-hydrogen) atoms. The van der Waals surface area contributed by atoms with Crippen molar-refractivity contribution in [2.75, 3.05) is 30.3 Å². The largest absolute Gasteiger partial charge is 0.507 e. The zero-order valence-corrected chi connectivity index (χ0v) is 24.2. The molecular weight excluding hydrogens is 560 g/mol. The predicted molar refractivity (Wildman–Crippen MR) is 160 cm³/mol. The Balaban J connectivity index is 1.71. The van der Waals surface area contributed by atoms with E-state index in [0.717, 1.165) is 11.6 Å². The fourth-order valence-electron chi connectivity index (χ4n) is 5.90. The summed E-state index contributed by atoms with van der Waals surface area (Å²) in [6.07, 6.45) is 2.94. The molecule has 0 saturated carbocycles. The molecule has 8 nitrogen and oxygen atoms in total. The number of phenols is 1. The number of fused-ring (bicyclic) bond motifs is 2. The number of pyridine rings is 1. The quantitative estimate of drug-likeness (QED) is 0.329. The van der Waals surface area contributed by atoms with Gasteiger partial charge in [-0.25, -0.2) is 13.6 Å². The first-order valence-corrected chi connectivity index (χ1v) is 14.6. The van der Waals surface area contributed by atoms with Crippen LogP contribution in [0.1, 0.15) is 31.0 Å². The molecule has 2 aromatic heterocycles. The van der Waals surface area contributed by atoms with Crippen molar-refractivity contribution in [3.8, 4) is 22.6 Å². The normalized spacial score (nSPS) is 16.5. The Morgan fingerprint density at radius 2 is 2.02 bits per heavy atom. The fourth-order valence-corrected chi connectivity index (χ4v) is 7.13. The van der Waals surface area contributed by atoms with Crippen LogP contribution in [0.5, 0.6) is 5.75 Å². The fraction of sp³-hybridized carbons (Fsp3) is 0.290. The van der Waals surface area contributed by atoms with Crippen molar-refractivity contribution < 1.29 is 18.7 Å². The lowest BCUT2D eigenvalue weighted by molar-refractivity contribution is -0.126. The molecule has 216 valence electrons. The molecule has 2 aromatic carbocycles. The summed E-state index contributed by atoms with van der Waals surface area (Å²) in [5.74, 6) is -1.48. The van der Waals surface area contributed by atoms with E-state index >= 15 is 8.78 Å². The number of thioether (sulfide) groups is 1. The molecule has 0 spiro atoms. The highest BCUT2D eigenvalue weighted by Crippen LogP contribution is 2.46. The molecule has 1 saturated heterocycles. The van der Waals surface area contributed by atoms with Crippen molar-refractivity contribution in [1.82, 2.24) is 19.4 Å². The van der Waals surface area contributed by atoms with Gasteiger partial charge in [0, 0.05) is 37.1 Å². The Bertz CT molecular complexity index is 1820. The number of carbonyl (C=O) groups excluding carboxylic acids is 1. The average molecular weight is 590 g/mol. The van der Waals surface area contributed by atoms with Crippen LogP contribution in [0, 0.1) is 18.6 Å². The number of piperazine rings is 1. The predicted octanol–water partition coefficient (Wildman–Crippen LogP) is 5.17. The second-order valence-electron chi connectivity index (χ2n) is 10.8. The summed E-state index contributed by atoms with van der Waals surface area (Å²) in [6, 6.07) is 6.75. The van der Waals surface area contributed by atoms with Gasteiger partial charge in [0.1, 0.15) is 23.2 Å². The number of halogens is 2. The third-order valence-corrected chi connectivity index (χ3v) is 9.13. The smallest absolute Gasteiger partial charge is 0.354 e. The minimum Gasteiger partial charge on any atom is -0.507 e. The summed E-state index contributed by atoms with van der Waals surface area (Å²) >= 11 is 1.23. The molecule has 0 bridgehead atoms. The van der Waals surface area contributed by atoms with Gasteiger partial charge >= 0.3 is 5.69 Å². The summed E-state index contributed by atoms with van der Waals surface area (Å²) in [6.45, 7) is 10.5. The molecule has 4 aromatic rings. The number of rotatable bonds is 4. The van der Waals surface area contributed by atoms with Gasteiger partial charge in [0.05, 0.1) is 38.8 Å². The van der Waals surface area contributed by atoms with Crippen LogP contribution in [0.2, 0.25) is 0 Å². The van der Waals surface area contributed by atoms with Gasteiger partial charge in [0.2, 0.25) is 5.91 Å². The molecule has 2 aliphatic heterocycles. The first-order valence-electron chi connectivity index (χ1n) is 13.7. The summed E-state index contributed by atoms with van der Waals surface area (Å²) < 4.78 is 33.2. The van der Waals surface area contributed by atoms with Gasteiger partial charge < -0.3 is 14.9 Å². The molecule has 1 N–H and O–H groups in total. The Morgan fingerprint density at radius 3 is 2.74 bits per heavy atom. The van der Waals surface area contributed by atoms with Gasteiger partial charge in [0.15, 0.2) is 0 Å². The van der Waals surface area contributed by atoms with Crippen molar-refractivity contribution in [3.63, 3.8) is 0 Å². The average Bonchev–Trinajstić information content (AvgIpc) is 3.12. The van der Waals surface area contributed by atoms with Gasteiger partial charge in [-0.3, -0.25) is 14.3 Å². The first-order chi connectivity index (χ1) is 20.1. The highest BCUT2D eigenvalue weighted by molar-refractivity contribution is 7.99. The molecule has 11 heteroatoms. The number of anilines is 1. The third kappa shape index (κ3) is 4.34. The van der Waals surface area contributed by atoms with Crippen molar-refractivity contribution in [3.05, 3.63) is 82.6 Å². The van der Waals surface area contributed by atoms with Gasteiger partial charge in [-0.15, -0.1) is 11.8 Å². The van der Waals surface area contributed by atoms with Crippen LogP contribution in [0.4, 0.5) is 14.6 Å². The molecule has 1 unspecified atom stereocenters. The third-order valence-electron chi connectivity index (χ3n) is 7.90. The Labute approximate surface area is 245 Å². The lowest BCUT2D eigenvalue weighted by Crippen LogP contribution is -2.56. The number of aryl methyl sites for hydroxylation is 1. The number of aromatic nitrogens is 3. The van der Waals surface area contributed by atoms with Crippen LogP contribution in [0.25, 0.3) is 27.7 Å². The van der Waals surface area contributed by atoms with Gasteiger partial charge in [-0.05, 0) is 48.7 Å². The topological polar surface area (TPSA) is 91.6 Å². The SMILES string of the molecule is C=CC(=O)N1CCN2c3nc(=O)n(-c4c(C)ccnc4C(C)C)c4cc(-c5c(O)cccc5F)c(F)c(c34)SCC2C1. The highest BCUT2D eigenvalue weighted by atomic mass is 32.2. The van der Waals surface area contributed by atoms with Crippen LogP contribution < -0.4 is 10.6 Å². The van der Waals surface area contributed by atoms with E-state index in [0.29, 0.717) is 53.5 Å². The zero-order valence-electron chi connectivity index (χ0n) is 23.4. The molecule has 1 atom stereocenters. The van der Waals surface area contributed by atoms with E-state index in [9.17, 15) is 14.7 Å². The van der Waals surface area contributed by atoms with Crippen LogP contribution in [-0.2, 0) is 4.79 Å². The minimum absolute atomic E-state index is 0.0542. The van der Waals surface area contributed by atoms with Gasteiger partial charge in [-0.1, -0.05) is 26.5 Å². The number of aromatic hydroxyl groups is 1. The number of hydrogen-bond donors (Lipinski definition) is 1. The van der Waals surface area contributed by atoms with Crippen LogP contribution in [-0.4, -0.2) is 61.9 Å². The molecule has 1 amide bonds. The molecule has 2 aliphatic rings. The van der Waals surface area contributed by atoms with Crippen molar-refractivity contribution in [2.24, 2.45) is 0 Å². The lowest BCUT2D eigenvalue weighted by atomic mass is 9.99. The summed E-state index contributed by atoms with van der Waals surface area (Å²) in [5, 5.41) is 11.1. The van der Waals surface area contributed by atoms with Gasteiger partial charge in [0.25, 0.3) is 0 Å². The number of carbonyl (C=O) groups is 1. The lowest BCUT2D eigenvalue weighted by Gasteiger charge is -2.41. The Kier molecular flexibility index (Phi) is 7.00. The second-order valence-corrected chi connectivity index (χ2v) is 11.8. The summed E-state index contributed by atoms with van der Waals surface area (Å²) in [4.78, 5) is 39.4. The number of hydrogen-bond acceptors (Lipinski definition) is 7. The van der Waals surface area contributed by atoms with Crippen LogP contribution >= 0.6 is 11.8 Å².